The van der Waals surface area contributed by atoms with Gasteiger partial charge in [0.15, 0.2) is 0 Å². The summed E-state index contributed by atoms with van der Waals surface area (Å²) in [4.78, 5) is 21.8. The third kappa shape index (κ3) is 8.04. The van der Waals surface area contributed by atoms with Crippen LogP contribution >= 0.6 is 0 Å². The van der Waals surface area contributed by atoms with Gasteiger partial charge in [-0.05, 0) is 82.7 Å². The van der Waals surface area contributed by atoms with Gasteiger partial charge >= 0.3 is 0 Å². The van der Waals surface area contributed by atoms with Crippen molar-refractivity contribution >= 4 is 46.4 Å². The number of aromatic nitrogens is 4. The van der Waals surface area contributed by atoms with Gasteiger partial charge in [-0.1, -0.05) is 132 Å². The molecule has 0 fully saturated rings. The fourth-order valence-corrected chi connectivity index (χ4v) is 8.36. The molecular weight excluding hydrogens is 733 g/mol. The van der Waals surface area contributed by atoms with Gasteiger partial charge in [-0.2, -0.15) is 0 Å². The van der Waals surface area contributed by atoms with Crippen LogP contribution in [0.4, 0.5) is 0 Å². The van der Waals surface area contributed by atoms with Gasteiger partial charge in [-0.3, -0.25) is 0 Å². The van der Waals surface area contributed by atoms with Crippen molar-refractivity contribution in [2.24, 2.45) is 0 Å². The first kappa shape index (κ1) is 38.9. The highest BCUT2D eigenvalue weighted by Crippen LogP contribution is 2.38. The Morgan fingerprint density at radius 1 is 0.350 bits per heavy atom. The predicted octanol–water partition coefficient (Wildman–Crippen LogP) is 11.6. The molecule has 0 saturated heterocycles. The van der Waals surface area contributed by atoms with E-state index in [0.29, 0.717) is 0 Å². The second kappa shape index (κ2) is 15.2. The first-order valence-corrected chi connectivity index (χ1v) is 20.7. The SMILES string of the molecule is Cc1ccc(-c2c3nc(c(-c4ccc(C[N+](C)(C)C)cc4)c4ccc([n-]4)c(-c4ccc(C)cc4)c4nc(c(-c5ccc(C[N+](C)(C)C)cc5)c5ccc2[n-]5)C=C4)C=C3)cc1. The summed E-state index contributed by atoms with van der Waals surface area (Å²) in [6, 6.07) is 43.7. The molecular formula is C54H52N6. The van der Waals surface area contributed by atoms with Crippen LogP contribution in [0.15, 0.2) is 121 Å². The second-order valence-corrected chi connectivity index (χ2v) is 18.4. The van der Waals surface area contributed by atoms with Gasteiger partial charge < -0.3 is 18.9 Å². The fourth-order valence-electron chi connectivity index (χ4n) is 8.36. The highest BCUT2D eigenvalue weighted by Gasteiger charge is 2.17. The Hall–Kier alpha value is -6.60. The summed E-state index contributed by atoms with van der Waals surface area (Å²) in [5, 5.41) is 0. The first-order valence-electron chi connectivity index (χ1n) is 20.7. The fraction of sp³-hybridized carbons (Fsp3) is 0.185. The summed E-state index contributed by atoms with van der Waals surface area (Å²) >= 11 is 0. The lowest BCUT2D eigenvalue weighted by atomic mass is 10.0. The molecule has 6 nitrogen and oxygen atoms in total. The molecule has 8 bridgehead atoms. The molecule has 2 aliphatic heterocycles. The Bertz CT molecular complexity index is 2760. The summed E-state index contributed by atoms with van der Waals surface area (Å²) in [7, 11) is 13.3. The van der Waals surface area contributed by atoms with Crippen molar-refractivity contribution < 1.29 is 8.97 Å². The van der Waals surface area contributed by atoms with Crippen molar-refractivity contribution in [3.05, 3.63) is 166 Å². The number of aryl methyl sites for hydroxylation is 2. The Labute approximate surface area is 354 Å². The zero-order chi connectivity index (χ0) is 41.8. The summed E-state index contributed by atoms with van der Waals surface area (Å²) < 4.78 is 1.70. The molecule has 0 saturated carbocycles. The number of hydrogen-bond acceptors (Lipinski definition) is 2. The lowest BCUT2D eigenvalue weighted by Gasteiger charge is -2.24. The first-order chi connectivity index (χ1) is 28.7. The van der Waals surface area contributed by atoms with E-state index in [4.69, 9.17) is 19.9 Å². The van der Waals surface area contributed by atoms with E-state index >= 15 is 0 Å². The van der Waals surface area contributed by atoms with E-state index < -0.39 is 0 Å². The number of quaternary nitrogens is 2. The maximum Gasteiger partial charge on any atom is 0.104 e. The molecule has 7 aromatic rings. The Kier molecular flexibility index (Phi) is 9.86. The minimum atomic E-state index is 0.851. The molecule has 0 atom stereocenters. The van der Waals surface area contributed by atoms with Crippen molar-refractivity contribution in [1.29, 1.82) is 0 Å². The monoisotopic (exact) mass is 784 g/mol. The third-order valence-electron chi connectivity index (χ3n) is 11.1. The van der Waals surface area contributed by atoms with Gasteiger partial charge in [-0.25, -0.2) is 9.97 Å². The summed E-state index contributed by atoms with van der Waals surface area (Å²) in [6.45, 7) is 6.10. The van der Waals surface area contributed by atoms with Crippen LogP contribution in [0.1, 0.15) is 45.0 Å². The van der Waals surface area contributed by atoms with Gasteiger partial charge in [0.2, 0.25) is 0 Å². The van der Waals surface area contributed by atoms with E-state index in [2.05, 4.69) is 202 Å². The average molecular weight is 785 g/mol. The minimum absolute atomic E-state index is 0.851. The molecule has 4 aromatic carbocycles. The number of fused-ring (bicyclic) bond motifs is 8. The average Bonchev–Trinajstić information content (AvgIpc) is 4.04. The molecule has 0 N–H and O–H groups in total. The molecule has 0 spiro atoms. The molecule has 6 heteroatoms. The van der Waals surface area contributed by atoms with Gasteiger partial charge in [0.05, 0.1) is 65.1 Å². The van der Waals surface area contributed by atoms with Gasteiger partial charge in [0, 0.05) is 11.1 Å². The lowest BCUT2D eigenvalue weighted by Crippen LogP contribution is -2.33. The molecule has 60 heavy (non-hydrogen) atoms. The summed E-state index contributed by atoms with van der Waals surface area (Å²) in [6.07, 6.45) is 8.55. The molecule has 0 radical (unpaired) electrons. The Morgan fingerprint density at radius 2 is 0.600 bits per heavy atom. The normalized spacial score (nSPS) is 12.7. The molecule has 9 rings (SSSR count). The third-order valence-corrected chi connectivity index (χ3v) is 11.1. The van der Waals surface area contributed by atoms with Crippen LogP contribution in [-0.4, -0.2) is 61.2 Å². The van der Waals surface area contributed by atoms with Crippen LogP contribution in [0.3, 0.4) is 0 Å². The standard InChI is InChI=1S/C54H52N6/c1-35-9-17-39(18-10-35)51-43-25-29-47(55-43)53(41-21-13-37(14-22-41)33-59(3,4)5)49-31-27-45(57-49)52(40-19-11-36(2)12-20-40)46-28-32-50(58-46)54(48-30-26-44(51)56-48)42-23-15-38(16-24-42)34-60(6,7)8/h9-32H,33-34H2,1-8H3. The van der Waals surface area contributed by atoms with Gasteiger partial charge in [-0.15, -0.1) is 22.1 Å². The van der Waals surface area contributed by atoms with Gasteiger partial charge in [0.25, 0.3) is 0 Å². The smallest absolute Gasteiger partial charge is 0.104 e. The van der Waals surface area contributed by atoms with E-state index in [9.17, 15) is 0 Å². The van der Waals surface area contributed by atoms with E-state index in [0.717, 1.165) is 111 Å². The van der Waals surface area contributed by atoms with Crippen LogP contribution in [0.5, 0.6) is 0 Å². The van der Waals surface area contributed by atoms with Crippen molar-refractivity contribution in [3.8, 4) is 44.5 Å². The maximum atomic E-state index is 5.46. The number of rotatable bonds is 8. The highest BCUT2D eigenvalue weighted by molar-refractivity contribution is 5.99. The zero-order valence-electron chi connectivity index (χ0n) is 36.0. The Balaban J connectivity index is 1.39. The van der Waals surface area contributed by atoms with E-state index in [-0.39, 0.29) is 0 Å². The molecule has 3 aromatic heterocycles. The zero-order valence-corrected chi connectivity index (χ0v) is 36.0. The molecule has 0 unspecified atom stereocenters. The summed E-state index contributed by atoms with van der Waals surface area (Å²) in [5.74, 6) is 0. The summed E-state index contributed by atoms with van der Waals surface area (Å²) in [5.41, 5.74) is 20.1. The van der Waals surface area contributed by atoms with Crippen LogP contribution in [0.25, 0.3) is 90.9 Å². The van der Waals surface area contributed by atoms with E-state index in [1.807, 2.05) is 0 Å². The predicted molar refractivity (Wildman–Crippen MR) is 251 cm³/mol. The molecule has 0 amide bonds. The lowest BCUT2D eigenvalue weighted by molar-refractivity contribution is -0.884. The van der Waals surface area contributed by atoms with Crippen LogP contribution < -0.4 is 9.97 Å². The van der Waals surface area contributed by atoms with Crippen molar-refractivity contribution in [3.63, 3.8) is 0 Å². The second-order valence-electron chi connectivity index (χ2n) is 18.4. The largest absolute Gasteiger partial charge is 0.657 e. The quantitative estimate of drug-likeness (QED) is 0.144. The van der Waals surface area contributed by atoms with Crippen molar-refractivity contribution in [2.45, 2.75) is 26.9 Å². The molecule has 0 aliphatic carbocycles. The molecule has 298 valence electrons. The highest BCUT2D eigenvalue weighted by atomic mass is 15.3. The van der Waals surface area contributed by atoms with Crippen LogP contribution in [0.2, 0.25) is 0 Å². The number of nitrogens with zero attached hydrogens (tertiary/aromatic N) is 6. The number of hydrogen-bond donors (Lipinski definition) is 0. The minimum Gasteiger partial charge on any atom is -0.657 e. The van der Waals surface area contributed by atoms with Crippen molar-refractivity contribution in [2.75, 3.05) is 42.3 Å². The molecule has 5 heterocycles. The number of benzene rings is 4. The van der Waals surface area contributed by atoms with Crippen LogP contribution in [-0.2, 0) is 13.1 Å². The van der Waals surface area contributed by atoms with Gasteiger partial charge in [0.1, 0.15) is 13.1 Å². The van der Waals surface area contributed by atoms with E-state index in [1.54, 1.807) is 0 Å². The topological polar surface area (TPSA) is 54.0 Å². The molecule has 2 aliphatic rings. The van der Waals surface area contributed by atoms with Crippen LogP contribution in [0, 0.1) is 13.8 Å². The maximum absolute atomic E-state index is 5.46. The van der Waals surface area contributed by atoms with E-state index in [1.165, 1.54) is 22.3 Å². The Morgan fingerprint density at radius 3 is 0.850 bits per heavy atom. The van der Waals surface area contributed by atoms with Crippen molar-refractivity contribution in [1.82, 2.24) is 19.9 Å².